The summed E-state index contributed by atoms with van der Waals surface area (Å²) in [5, 5.41) is 0.438. The minimum Gasteiger partial charge on any atom is -0.539 e. The number of nitrogens with zero attached hydrogens (tertiary/aromatic N) is 2. The van der Waals surface area contributed by atoms with Crippen molar-refractivity contribution in [1.82, 2.24) is 9.97 Å². The average Bonchev–Trinajstić information content (AvgIpc) is 2.18. The lowest BCUT2D eigenvalue weighted by atomic mass is 9.91. The number of hydrogen-bond donors (Lipinski definition) is 0. The van der Waals surface area contributed by atoms with E-state index in [0.29, 0.717) is 10.9 Å². The van der Waals surface area contributed by atoms with Crippen molar-refractivity contribution < 1.29 is 4.43 Å². The molecule has 0 aliphatic heterocycles. The number of halogens is 1. The predicted octanol–water partition coefficient (Wildman–Crippen LogP) is 3.62. The molecule has 0 aliphatic rings. The van der Waals surface area contributed by atoms with Crippen molar-refractivity contribution in [2.75, 3.05) is 0 Å². The highest BCUT2D eigenvalue weighted by molar-refractivity contribution is 6.49. The molecule has 0 bridgehead atoms. The van der Waals surface area contributed by atoms with E-state index in [1.54, 1.807) is 0 Å². The first-order valence-corrected chi connectivity index (χ1v) is 8.59. The molecule has 1 rings (SSSR count). The molecule has 1 aromatic rings. The van der Waals surface area contributed by atoms with Crippen LogP contribution in [0.1, 0.15) is 39.2 Å². The van der Waals surface area contributed by atoms with E-state index in [-0.39, 0.29) is 5.41 Å². The third-order valence-corrected chi connectivity index (χ3v) is 3.07. The molecule has 17 heavy (non-hydrogen) atoms. The van der Waals surface area contributed by atoms with Crippen LogP contribution in [0.3, 0.4) is 0 Å². The van der Waals surface area contributed by atoms with Crippen molar-refractivity contribution in [3.8, 4) is 5.75 Å². The Kier molecular flexibility index (Phi) is 4.55. The van der Waals surface area contributed by atoms with E-state index in [9.17, 15) is 0 Å². The summed E-state index contributed by atoms with van der Waals surface area (Å²) < 4.78 is 5.85. The van der Waals surface area contributed by atoms with Crippen LogP contribution in [0.5, 0.6) is 5.75 Å². The zero-order chi connectivity index (χ0) is 13.2. The van der Waals surface area contributed by atoms with Crippen LogP contribution in [-0.2, 0) is 11.8 Å². The van der Waals surface area contributed by atoms with Crippen LogP contribution in [0, 0.1) is 0 Å². The first-order valence-electron chi connectivity index (χ1n) is 5.80. The van der Waals surface area contributed by atoms with Crippen molar-refractivity contribution in [3.05, 3.63) is 16.7 Å². The molecule has 0 aliphatic carbocycles. The maximum atomic E-state index is 6.20. The highest BCUT2D eigenvalue weighted by Gasteiger charge is 2.25. The maximum absolute atomic E-state index is 6.20. The van der Waals surface area contributed by atoms with E-state index in [1.165, 1.54) is 0 Å². The molecule has 95 valence electrons. The number of hydrogen-bond acceptors (Lipinski definition) is 3. The predicted molar refractivity (Wildman–Crippen MR) is 73.2 cm³/mol. The van der Waals surface area contributed by atoms with Gasteiger partial charge in [-0.1, -0.05) is 39.3 Å². The molecule has 0 saturated heterocycles. The minimum atomic E-state index is -0.874. The zero-order valence-corrected chi connectivity index (χ0v) is 13.1. The van der Waals surface area contributed by atoms with Gasteiger partial charge in [-0.15, -0.1) is 0 Å². The molecule has 5 heteroatoms. The van der Waals surface area contributed by atoms with Gasteiger partial charge in [0.1, 0.15) is 5.82 Å². The van der Waals surface area contributed by atoms with Gasteiger partial charge in [-0.2, -0.15) is 0 Å². The van der Waals surface area contributed by atoms with Gasteiger partial charge < -0.3 is 4.43 Å². The summed E-state index contributed by atoms with van der Waals surface area (Å²) in [6.45, 7) is 12.5. The van der Waals surface area contributed by atoms with Crippen molar-refractivity contribution in [1.29, 1.82) is 0 Å². The fourth-order valence-electron chi connectivity index (χ4n) is 1.43. The molecule has 0 atom stereocenters. The molecule has 0 saturated carbocycles. The molecular weight excluding hydrogens is 252 g/mol. The molecule has 0 amide bonds. The maximum Gasteiger partial charge on any atom is 0.274 e. The summed E-state index contributed by atoms with van der Waals surface area (Å²) in [6.07, 6.45) is 0.777. The van der Waals surface area contributed by atoms with Crippen molar-refractivity contribution in [3.63, 3.8) is 0 Å². The lowest BCUT2D eigenvalue weighted by Gasteiger charge is -2.23. The van der Waals surface area contributed by atoms with Gasteiger partial charge in [-0.3, -0.25) is 0 Å². The highest BCUT2D eigenvalue weighted by Crippen LogP contribution is 2.34. The van der Waals surface area contributed by atoms with Gasteiger partial charge in [0.2, 0.25) is 0 Å². The Labute approximate surface area is 110 Å². The van der Waals surface area contributed by atoms with Crippen molar-refractivity contribution in [2.24, 2.45) is 0 Å². The third-order valence-electron chi connectivity index (χ3n) is 2.20. The summed E-state index contributed by atoms with van der Waals surface area (Å²) in [5.41, 5.74) is 0.809. The van der Waals surface area contributed by atoms with Gasteiger partial charge in [0.05, 0.1) is 5.69 Å². The second-order valence-electron chi connectivity index (χ2n) is 5.22. The van der Waals surface area contributed by atoms with Crippen LogP contribution < -0.4 is 4.43 Å². The Morgan fingerprint density at radius 1 is 1.24 bits per heavy atom. The van der Waals surface area contributed by atoms with E-state index < -0.39 is 9.04 Å². The molecular formula is C12H20ClN2OSi. The Balaban J connectivity index is 3.35. The summed E-state index contributed by atoms with van der Waals surface area (Å²) in [6, 6.07) is 0. The molecule has 0 aromatic carbocycles. The Morgan fingerprint density at radius 2 is 1.82 bits per heavy atom. The quantitative estimate of drug-likeness (QED) is 0.622. The van der Waals surface area contributed by atoms with Gasteiger partial charge in [0.25, 0.3) is 9.04 Å². The molecule has 0 spiro atoms. The Hall–Kier alpha value is -0.613. The second kappa shape index (κ2) is 5.36. The van der Waals surface area contributed by atoms with Crippen LogP contribution in [0.25, 0.3) is 0 Å². The lowest BCUT2D eigenvalue weighted by molar-refractivity contribution is 0.497. The van der Waals surface area contributed by atoms with Gasteiger partial charge in [-0.05, 0) is 13.1 Å². The van der Waals surface area contributed by atoms with Crippen LogP contribution in [0.15, 0.2) is 0 Å². The summed E-state index contributed by atoms with van der Waals surface area (Å²) in [7, 11) is -0.874. The SMILES string of the molecule is CCc1nc(Cl)c(O[Si](C)C)c(C(C)(C)C)n1. The fourth-order valence-corrected chi connectivity index (χ4v) is 2.32. The minimum absolute atomic E-state index is 0.0941. The van der Waals surface area contributed by atoms with E-state index >= 15 is 0 Å². The largest absolute Gasteiger partial charge is 0.539 e. The van der Waals surface area contributed by atoms with Gasteiger partial charge in [0.15, 0.2) is 10.9 Å². The van der Waals surface area contributed by atoms with E-state index in [4.69, 9.17) is 16.0 Å². The Bertz CT molecular complexity index is 402. The van der Waals surface area contributed by atoms with Gasteiger partial charge in [-0.25, -0.2) is 9.97 Å². The molecule has 1 aromatic heterocycles. The standard InChI is InChI=1S/C12H20ClN2OSi/c1-7-8-14-10(12(2,3)4)9(11(13)15-8)16-17(5)6/h7H2,1-6H3. The lowest BCUT2D eigenvalue weighted by Crippen LogP contribution is -2.21. The van der Waals surface area contributed by atoms with Crippen LogP contribution >= 0.6 is 11.6 Å². The van der Waals surface area contributed by atoms with Crippen LogP contribution in [0.2, 0.25) is 18.2 Å². The topological polar surface area (TPSA) is 35.0 Å². The zero-order valence-electron chi connectivity index (χ0n) is 11.4. The van der Waals surface area contributed by atoms with Gasteiger partial charge in [0, 0.05) is 11.8 Å². The number of aryl methyl sites for hydroxylation is 1. The summed E-state index contributed by atoms with van der Waals surface area (Å²) >= 11 is 6.20. The first kappa shape index (κ1) is 14.4. The highest BCUT2D eigenvalue weighted by atomic mass is 35.5. The number of rotatable bonds is 3. The molecule has 1 heterocycles. The van der Waals surface area contributed by atoms with Crippen LogP contribution in [0.4, 0.5) is 0 Å². The Morgan fingerprint density at radius 3 is 2.24 bits per heavy atom. The summed E-state index contributed by atoms with van der Waals surface area (Å²) in [5.74, 6) is 1.43. The van der Waals surface area contributed by atoms with Crippen molar-refractivity contribution in [2.45, 2.75) is 52.6 Å². The molecule has 0 N–H and O–H groups in total. The van der Waals surface area contributed by atoms with E-state index in [0.717, 1.165) is 17.9 Å². The first-order chi connectivity index (χ1) is 7.75. The summed E-state index contributed by atoms with van der Waals surface area (Å²) in [4.78, 5) is 8.84. The monoisotopic (exact) mass is 271 g/mol. The van der Waals surface area contributed by atoms with E-state index in [1.807, 2.05) is 6.92 Å². The fraction of sp³-hybridized carbons (Fsp3) is 0.667. The second-order valence-corrected chi connectivity index (χ2v) is 7.60. The average molecular weight is 272 g/mol. The van der Waals surface area contributed by atoms with Crippen molar-refractivity contribution >= 4 is 20.6 Å². The van der Waals surface area contributed by atoms with Gasteiger partial charge >= 0.3 is 0 Å². The number of aromatic nitrogens is 2. The molecule has 1 radical (unpaired) electrons. The normalized spacial score (nSPS) is 12.0. The molecule has 3 nitrogen and oxygen atoms in total. The smallest absolute Gasteiger partial charge is 0.274 e. The van der Waals surface area contributed by atoms with Crippen LogP contribution in [-0.4, -0.2) is 19.0 Å². The van der Waals surface area contributed by atoms with E-state index in [2.05, 4.69) is 43.8 Å². The molecule has 0 unspecified atom stereocenters. The molecule has 0 fully saturated rings. The third kappa shape index (κ3) is 3.68.